The van der Waals surface area contributed by atoms with Gasteiger partial charge < -0.3 is 19.7 Å². The molecular formula is C9H18N4O2. The third-order valence-electron chi connectivity index (χ3n) is 2.07. The molecular weight excluding hydrogens is 196 g/mol. The predicted octanol–water partition coefficient (Wildman–Crippen LogP) is -1.05. The monoisotopic (exact) mass is 214 g/mol. The van der Waals surface area contributed by atoms with E-state index in [4.69, 9.17) is 4.74 Å². The number of hydrogen-bond donors (Lipinski definition) is 2. The average Bonchev–Trinajstić information content (AvgIpc) is 2.60. The third-order valence-corrected chi connectivity index (χ3v) is 2.07. The third kappa shape index (κ3) is 4.37. The standard InChI is InChI=1S/C9H18N4O2/c1-13-7-11-12-9(13)3-4-10-5-8(14)6-15-2/h7-8,10,14H,3-6H2,1-2H3. The first-order valence-electron chi connectivity index (χ1n) is 4.94. The van der Waals surface area contributed by atoms with Crippen LogP contribution in [0.25, 0.3) is 0 Å². The Labute approximate surface area is 89.3 Å². The fraction of sp³-hybridized carbons (Fsp3) is 0.778. The predicted molar refractivity (Wildman–Crippen MR) is 55.5 cm³/mol. The lowest BCUT2D eigenvalue weighted by Gasteiger charge is -2.10. The Hall–Kier alpha value is -0.980. The molecule has 0 bridgehead atoms. The van der Waals surface area contributed by atoms with Crippen LogP contribution in [0.1, 0.15) is 5.82 Å². The van der Waals surface area contributed by atoms with Crippen molar-refractivity contribution in [3.05, 3.63) is 12.2 Å². The molecule has 1 unspecified atom stereocenters. The number of aliphatic hydroxyl groups excluding tert-OH is 1. The summed E-state index contributed by atoms with van der Waals surface area (Å²) < 4.78 is 6.69. The largest absolute Gasteiger partial charge is 0.389 e. The number of methoxy groups -OCH3 is 1. The van der Waals surface area contributed by atoms with Gasteiger partial charge in [0.25, 0.3) is 0 Å². The molecule has 86 valence electrons. The maximum Gasteiger partial charge on any atom is 0.133 e. The van der Waals surface area contributed by atoms with E-state index in [-0.39, 0.29) is 0 Å². The van der Waals surface area contributed by atoms with Gasteiger partial charge in [-0.2, -0.15) is 0 Å². The van der Waals surface area contributed by atoms with Crippen LogP contribution < -0.4 is 5.32 Å². The van der Waals surface area contributed by atoms with Crippen molar-refractivity contribution in [3.8, 4) is 0 Å². The Morgan fingerprint density at radius 2 is 2.47 bits per heavy atom. The second-order valence-corrected chi connectivity index (χ2v) is 3.42. The Kier molecular flexibility index (Phi) is 5.23. The highest BCUT2D eigenvalue weighted by Crippen LogP contribution is 1.91. The normalized spacial score (nSPS) is 13.0. The molecule has 0 aliphatic carbocycles. The van der Waals surface area contributed by atoms with Crippen molar-refractivity contribution in [2.45, 2.75) is 12.5 Å². The highest BCUT2D eigenvalue weighted by molar-refractivity contribution is 4.84. The van der Waals surface area contributed by atoms with E-state index in [0.717, 1.165) is 18.8 Å². The molecule has 2 N–H and O–H groups in total. The van der Waals surface area contributed by atoms with Gasteiger partial charge in [-0.25, -0.2) is 0 Å². The molecule has 6 heteroatoms. The van der Waals surface area contributed by atoms with Gasteiger partial charge in [0, 0.05) is 33.7 Å². The van der Waals surface area contributed by atoms with Crippen LogP contribution in [0.5, 0.6) is 0 Å². The van der Waals surface area contributed by atoms with Gasteiger partial charge in [-0.1, -0.05) is 0 Å². The van der Waals surface area contributed by atoms with Gasteiger partial charge in [0.15, 0.2) is 0 Å². The highest BCUT2D eigenvalue weighted by atomic mass is 16.5. The lowest BCUT2D eigenvalue weighted by atomic mass is 10.3. The van der Waals surface area contributed by atoms with Crippen molar-refractivity contribution in [2.75, 3.05) is 26.8 Å². The van der Waals surface area contributed by atoms with E-state index in [9.17, 15) is 5.11 Å². The highest BCUT2D eigenvalue weighted by Gasteiger charge is 2.03. The van der Waals surface area contributed by atoms with E-state index in [1.807, 2.05) is 11.6 Å². The van der Waals surface area contributed by atoms with Gasteiger partial charge in [-0.3, -0.25) is 0 Å². The van der Waals surface area contributed by atoms with E-state index in [1.165, 1.54) is 0 Å². The number of hydrogen-bond acceptors (Lipinski definition) is 5. The van der Waals surface area contributed by atoms with Crippen LogP contribution in [0, 0.1) is 0 Å². The zero-order valence-electron chi connectivity index (χ0n) is 9.18. The second kappa shape index (κ2) is 6.49. The number of aliphatic hydroxyl groups is 1. The number of aromatic nitrogens is 3. The van der Waals surface area contributed by atoms with Crippen molar-refractivity contribution in [3.63, 3.8) is 0 Å². The zero-order valence-corrected chi connectivity index (χ0v) is 9.18. The molecule has 15 heavy (non-hydrogen) atoms. The van der Waals surface area contributed by atoms with Crippen LogP contribution in [0.3, 0.4) is 0 Å². The minimum absolute atomic E-state index is 0.358. The molecule has 0 saturated heterocycles. The molecule has 1 atom stereocenters. The van der Waals surface area contributed by atoms with Crippen molar-refractivity contribution < 1.29 is 9.84 Å². The van der Waals surface area contributed by atoms with E-state index < -0.39 is 6.10 Å². The van der Waals surface area contributed by atoms with Crippen LogP contribution in [-0.4, -0.2) is 52.8 Å². The molecule has 1 rings (SSSR count). The molecule has 1 heterocycles. The first kappa shape index (κ1) is 12.1. The van der Waals surface area contributed by atoms with Crippen molar-refractivity contribution in [1.82, 2.24) is 20.1 Å². The maximum atomic E-state index is 9.34. The first-order valence-corrected chi connectivity index (χ1v) is 4.94. The maximum absolute atomic E-state index is 9.34. The minimum atomic E-state index is -0.450. The molecule has 0 saturated carbocycles. The van der Waals surface area contributed by atoms with Crippen LogP contribution in [-0.2, 0) is 18.2 Å². The van der Waals surface area contributed by atoms with Crippen LogP contribution in [0.4, 0.5) is 0 Å². The minimum Gasteiger partial charge on any atom is -0.389 e. The number of aryl methyl sites for hydroxylation is 1. The smallest absolute Gasteiger partial charge is 0.133 e. The van der Waals surface area contributed by atoms with Gasteiger partial charge in [-0.05, 0) is 0 Å². The molecule has 1 aromatic rings. The number of ether oxygens (including phenoxy) is 1. The summed E-state index contributed by atoms with van der Waals surface area (Å²) >= 11 is 0. The number of rotatable bonds is 7. The van der Waals surface area contributed by atoms with Gasteiger partial charge in [0.1, 0.15) is 12.2 Å². The molecule has 0 aromatic carbocycles. The molecule has 0 radical (unpaired) electrons. The topological polar surface area (TPSA) is 72.2 Å². The molecule has 1 aromatic heterocycles. The van der Waals surface area contributed by atoms with Gasteiger partial charge in [0.05, 0.1) is 12.7 Å². The lowest BCUT2D eigenvalue weighted by Crippen LogP contribution is -2.31. The summed E-state index contributed by atoms with van der Waals surface area (Å²) in [6.45, 7) is 1.66. The van der Waals surface area contributed by atoms with Crippen molar-refractivity contribution in [1.29, 1.82) is 0 Å². The first-order chi connectivity index (χ1) is 7.24. The fourth-order valence-corrected chi connectivity index (χ4v) is 1.25. The summed E-state index contributed by atoms with van der Waals surface area (Å²) in [5, 5.41) is 20.2. The molecule has 0 aliphatic rings. The van der Waals surface area contributed by atoms with Crippen molar-refractivity contribution in [2.24, 2.45) is 7.05 Å². The molecule has 6 nitrogen and oxygen atoms in total. The van der Waals surface area contributed by atoms with E-state index in [1.54, 1.807) is 13.4 Å². The zero-order chi connectivity index (χ0) is 11.1. The van der Waals surface area contributed by atoms with E-state index >= 15 is 0 Å². The van der Waals surface area contributed by atoms with Crippen molar-refractivity contribution >= 4 is 0 Å². The van der Waals surface area contributed by atoms with Gasteiger partial charge in [0.2, 0.25) is 0 Å². The van der Waals surface area contributed by atoms with Gasteiger partial charge in [-0.15, -0.1) is 10.2 Å². The van der Waals surface area contributed by atoms with Crippen LogP contribution >= 0.6 is 0 Å². The Morgan fingerprint density at radius 1 is 1.67 bits per heavy atom. The second-order valence-electron chi connectivity index (χ2n) is 3.42. The summed E-state index contributed by atoms with van der Waals surface area (Å²) in [5.41, 5.74) is 0. The molecule has 0 aliphatic heterocycles. The Bertz CT molecular complexity index is 277. The fourth-order valence-electron chi connectivity index (χ4n) is 1.25. The Balaban J connectivity index is 2.09. The van der Waals surface area contributed by atoms with E-state index in [2.05, 4.69) is 15.5 Å². The molecule has 0 amide bonds. The Morgan fingerprint density at radius 3 is 3.07 bits per heavy atom. The van der Waals surface area contributed by atoms with Crippen LogP contribution in [0.2, 0.25) is 0 Å². The summed E-state index contributed by atoms with van der Waals surface area (Å²) in [4.78, 5) is 0. The quantitative estimate of drug-likeness (QED) is 0.567. The van der Waals surface area contributed by atoms with E-state index in [0.29, 0.717) is 13.2 Å². The summed E-state index contributed by atoms with van der Waals surface area (Å²) in [6, 6.07) is 0. The van der Waals surface area contributed by atoms with Crippen LogP contribution in [0.15, 0.2) is 6.33 Å². The average molecular weight is 214 g/mol. The summed E-state index contributed by atoms with van der Waals surface area (Å²) in [6.07, 6.45) is 2.03. The van der Waals surface area contributed by atoms with Gasteiger partial charge >= 0.3 is 0 Å². The summed E-state index contributed by atoms with van der Waals surface area (Å²) in [7, 11) is 3.48. The lowest BCUT2D eigenvalue weighted by molar-refractivity contribution is 0.0647. The summed E-state index contributed by atoms with van der Waals surface area (Å²) in [5.74, 6) is 0.934. The SMILES string of the molecule is COCC(O)CNCCc1nncn1C. The number of nitrogens with zero attached hydrogens (tertiary/aromatic N) is 3. The molecule has 0 fully saturated rings. The molecule has 0 spiro atoms. The number of nitrogens with one attached hydrogen (secondary N) is 1.